The monoisotopic (exact) mass is 608 g/mol. The van der Waals surface area contributed by atoms with Crippen molar-refractivity contribution < 1.29 is 29.4 Å². The van der Waals surface area contributed by atoms with E-state index in [-0.39, 0.29) is 24.0 Å². The molecule has 1 heterocycles. The third-order valence-corrected chi connectivity index (χ3v) is 12.3. The predicted octanol–water partition coefficient (Wildman–Crippen LogP) is 2.70. The molecule has 3 atom stereocenters. The van der Waals surface area contributed by atoms with Gasteiger partial charge in [-0.3, -0.25) is 14.4 Å². The fraction of sp³-hybridized carbons (Fsp3) is 0.171. The number of benzene rings is 4. The third-order valence-electron chi connectivity index (χ3n) is 8.00. The Balaban J connectivity index is 1.74. The first kappa shape index (κ1) is 30.7. The Kier molecular flexibility index (Phi) is 8.95. The summed E-state index contributed by atoms with van der Waals surface area (Å²) in [6, 6.07) is 33.4. The number of carbonyl (C=O) groups is 4. The molecule has 1 aliphatic heterocycles. The lowest BCUT2D eigenvalue weighted by atomic mass is 9.79. The number of nitrogens with two attached hydrogens (primary N) is 1. The van der Waals surface area contributed by atoms with Crippen molar-refractivity contribution in [2.45, 2.75) is 31.9 Å². The number of hydrogen-bond donors (Lipinski definition) is 3. The number of likely N-dealkylation sites (tertiary alicyclic amines) is 1. The molecule has 0 radical (unpaired) electrons. The van der Waals surface area contributed by atoms with Crippen LogP contribution in [-0.4, -0.2) is 56.2 Å². The summed E-state index contributed by atoms with van der Waals surface area (Å²) in [5, 5.41) is 23.9. The molecule has 8 nitrogen and oxygen atoms in total. The van der Waals surface area contributed by atoms with Crippen molar-refractivity contribution in [1.29, 1.82) is 0 Å². The number of carbonyl (C=O) groups excluding carboxylic acids is 3. The zero-order valence-corrected chi connectivity index (χ0v) is 25.0. The lowest BCUT2D eigenvalue weighted by Crippen LogP contribution is -2.68. The Labute approximate surface area is 255 Å². The van der Waals surface area contributed by atoms with Gasteiger partial charge >= 0.3 is 5.97 Å². The minimum absolute atomic E-state index is 0.0324. The molecule has 4 aromatic carbocycles. The van der Waals surface area contributed by atoms with Gasteiger partial charge in [0, 0.05) is 18.9 Å². The van der Waals surface area contributed by atoms with Crippen molar-refractivity contribution in [3.05, 3.63) is 126 Å². The first-order valence-electron chi connectivity index (χ1n) is 14.2. The standard InChI is InChI=1S/C35H33N2O6P/c1-23(38)32-29(22-30(39)25-19-17-24(18-20-25)21-31(36)40)37(33(32)41)34(35(42)43)44(26-11-5-2-6-12-26,27-13-7-3-8-14-27)28-15-9-4-10-16-28/h2-20,23,29,32,38H,21-22H2,1H3,(H2,36,40)(H,42,43)/t23-,29-,32-/m1/s1. The van der Waals surface area contributed by atoms with E-state index in [1.807, 2.05) is 91.0 Å². The summed E-state index contributed by atoms with van der Waals surface area (Å²) in [7, 11) is 0. The topological polar surface area (TPSA) is 138 Å². The van der Waals surface area contributed by atoms with Gasteiger partial charge in [-0.05, 0) is 28.4 Å². The van der Waals surface area contributed by atoms with Gasteiger partial charge in [0.25, 0.3) is 0 Å². The first-order chi connectivity index (χ1) is 21.2. The number of primary amides is 1. The summed E-state index contributed by atoms with van der Waals surface area (Å²) in [5.74, 6) is -3.60. The number of rotatable bonds is 11. The van der Waals surface area contributed by atoms with Crippen LogP contribution in [0.5, 0.6) is 0 Å². The minimum atomic E-state index is -3.22. The van der Waals surface area contributed by atoms with E-state index in [2.05, 4.69) is 0 Å². The summed E-state index contributed by atoms with van der Waals surface area (Å²) in [6.07, 6.45) is -1.28. The maximum Gasteiger partial charge on any atom is 0.353 e. The number of aliphatic hydroxyl groups is 1. The Morgan fingerprint density at radius 3 is 1.64 bits per heavy atom. The molecule has 4 N–H and O–H groups in total. The molecule has 0 bridgehead atoms. The first-order valence-corrected chi connectivity index (χ1v) is 16.0. The van der Waals surface area contributed by atoms with Gasteiger partial charge in [-0.25, -0.2) is 4.79 Å². The molecule has 5 rings (SSSR count). The zero-order valence-electron chi connectivity index (χ0n) is 24.1. The number of carboxylic acid groups (broad SMARTS) is 1. The number of hydrogen-bond acceptors (Lipinski definition) is 5. The fourth-order valence-electron chi connectivity index (χ4n) is 6.07. The minimum Gasteiger partial charge on any atom is -0.477 e. The highest BCUT2D eigenvalue weighted by atomic mass is 31.2. The molecule has 44 heavy (non-hydrogen) atoms. The predicted molar refractivity (Wildman–Crippen MR) is 172 cm³/mol. The van der Waals surface area contributed by atoms with E-state index in [0.29, 0.717) is 11.1 Å². The van der Waals surface area contributed by atoms with Gasteiger partial charge in [0.1, 0.15) is 5.42 Å². The molecule has 1 fully saturated rings. The Morgan fingerprint density at radius 2 is 1.25 bits per heavy atom. The van der Waals surface area contributed by atoms with E-state index in [4.69, 9.17) is 5.73 Å². The molecular formula is C35H33N2O6P. The lowest BCUT2D eigenvalue weighted by Gasteiger charge is -2.50. The van der Waals surface area contributed by atoms with Gasteiger partial charge in [-0.15, -0.1) is 0 Å². The maximum atomic E-state index is 13.9. The lowest BCUT2D eigenvalue weighted by molar-refractivity contribution is -0.156. The van der Waals surface area contributed by atoms with E-state index in [1.165, 1.54) is 11.8 Å². The average Bonchev–Trinajstić information content (AvgIpc) is 3.02. The van der Waals surface area contributed by atoms with E-state index in [9.17, 15) is 29.4 Å². The van der Waals surface area contributed by atoms with Gasteiger partial charge in [0.15, 0.2) is 5.78 Å². The average molecular weight is 609 g/mol. The normalized spacial score (nSPS) is 17.0. The number of aliphatic hydroxyl groups excluding tert-OH is 1. The van der Waals surface area contributed by atoms with Crippen LogP contribution in [0.2, 0.25) is 0 Å². The highest BCUT2D eigenvalue weighted by Crippen LogP contribution is 2.49. The number of amides is 2. The molecular weight excluding hydrogens is 575 g/mol. The number of carboxylic acids is 1. The second kappa shape index (κ2) is 12.8. The molecule has 4 aromatic rings. The van der Waals surface area contributed by atoms with Crippen LogP contribution in [0.15, 0.2) is 115 Å². The van der Waals surface area contributed by atoms with Gasteiger partial charge in [-0.1, -0.05) is 115 Å². The molecule has 1 saturated heterocycles. The van der Waals surface area contributed by atoms with Crippen LogP contribution in [0.1, 0.15) is 29.3 Å². The van der Waals surface area contributed by atoms with E-state index >= 15 is 0 Å². The number of β-lactam (4-membered cyclic amide) rings is 1. The molecule has 0 saturated carbocycles. The van der Waals surface area contributed by atoms with Gasteiger partial charge in [-0.2, -0.15) is 0 Å². The SMILES string of the molecule is C[C@@H](O)[C@H]1C(=O)N(C(C(=O)O)=P(c2ccccc2)(c2ccccc2)c2ccccc2)[C@@H]1CC(=O)c1ccc(CC(N)=O)cc1. The largest absolute Gasteiger partial charge is 0.477 e. The van der Waals surface area contributed by atoms with Crippen LogP contribution >= 0.6 is 6.89 Å². The molecule has 0 spiro atoms. The summed E-state index contributed by atoms with van der Waals surface area (Å²) in [5.41, 5.74) is 6.17. The zero-order chi connectivity index (χ0) is 31.4. The molecule has 0 unspecified atom stereocenters. The highest BCUT2D eigenvalue weighted by Gasteiger charge is 2.55. The Bertz CT molecular complexity index is 1640. The van der Waals surface area contributed by atoms with Crippen LogP contribution in [-0.2, 0) is 20.8 Å². The quantitative estimate of drug-likeness (QED) is 0.136. The van der Waals surface area contributed by atoms with Crippen molar-refractivity contribution in [2.75, 3.05) is 0 Å². The van der Waals surface area contributed by atoms with Crippen LogP contribution in [0, 0.1) is 5.92 Å². The van der Waals surface area contributed by atoms with Crippen molar-refractivity contribution in [1.82, 2.24) is 4.90 Å². The van der Waals surface area contributed by atoms with Crippen molar-refractivity contribution in [3.8, 4) is 0 Å². The molecule has 0 aromatic heterocycles. The van der Waals surface area contributed by atoms with Crippen molar-refractivity contribution >= 4 is 51.8 Å². The highest BCUT2D eigenvalue weighted by molar-refractivity contribution is 7.96. The fourth-order valence-corrected chi connectivity index (χ4v) is 10.4. The number of nitrogens with zero attached hydrogens (tertiary/aromatic N) is 1. The van der Waals surface area contributed by atoms with E-state index in [1.54, 1.807) is 24.3 Å². The maximum absolute atomic E-state index is 13.9. The van der Waals surface area contributed by atoms with Crippen LogP contribution < -0.4 is 21.6 Å². The molecule has 9 heteroatoms. The number of Topliss-reactive ketones (excluding diaryl/α,β-unsaturated/α-hetero) is 1. The number of ketones is 1. The summed E-state index contributed by atoms with van der Waals surface area (Å²) in [6.45, 7) is -1.75. The molecule has 224 valence electrons. The second-order valence-electron chi connectivity index (χ2n) is 10.8. The van der Waals surface area contributed by atoms with E-state index < -0.39 is 42.7 Å². The smallest absolute Gasteiger partial charge is 0.353 e. The molecule has 0 aliphatic carbocycles. The molecule has 1 aliphatic rings. The Morgan fingerprint density at radius 1 is 0.795 bits per heavy atom. The molecule has 2 amide bonds. The third kappa shape index (κ3) is 5.62. The summed E-state index contributed by atoms with van der Waals surface area (Å²) < 4.78 is 0. The van der Waals surface area contributed by atoms with Gasteiger partial charge < -0.3 is 20.8 Å². The van der Waals surface area contributed by atoms with Gasteiger partial charge in [0.05, 0.1) is 24.5 Å². The summed E-state index contributed by atoms with van der Waals surface area (Å²) in [4.78, 5) is 53.6. The van der Waals surface area contributed by atoms with Crippen molar-refractivity contribution in [2.24, 2.45) is 11.7 Å². The summed E-state index contributed by atoms with van der Waals surface area (Å²) >= 11 is 0. The van der Waals surface area contributed by atoms with Crippen LogP contribution in [0.3, 0.4) is 0 Å². The van der Waals surface area contributed by atoms with E-state index in [0.717, 1.165) is 15.9 Å². The Hall–Kier alpha value is -4.78. The van der Waals surface area contributed by atoms with Crippen LogP contribution in [0.25, 0.3) is 0 Å². The second-order valence-corrected chi connectivity index (χ2v) is 14.1. The van der Waals surface area contributed by atoms with Crippen LogP contribution in [0.4, 0.5) is 0 Å². The van der Waals surface area contributed by atoms with Crippen molar-refractivity contribution in [3.63, 3.8) is 0 Å². The van der Waals surface area contributed by atoms with Gasteiger partial charge in [0.2, 0.25) is 11.8 Å². The number of aliphatic carboxylic acids is 1.